The largest absolute Gasteiger partial charge is 0.367 e. The van der Waals surface area contributed by atoms with Crippen LogP contribution in [0.1, 0.15) is 13.3 Å². The molecule has 2 amide bonds. The van der Waals surface area contributed by atoms with Crippen molar-refractivity contribution >= 4 is 35.3 Å². The molecule has 0 aliphatic carbocycles. The average Bonchev–Trinajstić information content (AvgIpc) is 2.47. The summed E-state index contributed by atoms with van der Waals surface area (Å²) < 4.78 is 0. The summed E-state index contributed by atoms with van der Waals surface area (Å²) in [6, 6.07) is 5.44. The summed E-state index contributed by atoms with van der Waals surface area (Å²) in [5.74, 6) is 0.196. The van der Waals surface area contributed by atoms with Crippen molar-refractivity contribution in [3.05, 3.63) is 23.2 Å². The van der Waals surface area contributed by atoms with Gasteiger partial charge < -0.3 is 15.1 Å². The van der Waals surface area contributed by atoms with Crippen LogP contribution in [0.3, 0.4) is 0 Å². The van der Waals surface area contributed by atoms with E-state index in [4.69, 9.17) is 11.6 Å². The molecule has 2 rings (SSSR count). The van der Waals surface area contributed by atoms with E-state index in [-0.39, 0.29) is 5.91 Å². The molecule has 0 radical (unpaired) electrons. The van der Waals surface area contributed by atoms with Gasteiger partial charge in [-0.3, -0.25) is 9.59 Å². The lowest BCUT2D eigenvalue weighted by Crippen LogP contribution is -2.48. The first-order chi connectivity index (χ1) is 9.65. The van der Waals surface area contributed by atoms with Gasteiger partial charge in [-0.05, 0) is 18.2 Å². The fourth-order valence-corrected chi connectivity index (χ4v) is 2.64. The molecule has 5 nitrogen and oxygen atoms in total. The van der Waals surface area contributed by atoms with Crippen molar-refractivity contribution in [2.45, 2.75) is 13.3 Å². The Labute approximate surface area is 123 Å². The summed E-state index contributed by atoms with van der Waals surface area (Å²) in [5, 5.41) is 3.18. The quantitative estimate of drug-likeness (QED) is 0.864. The minimum absolute atomic E-state index is 0.196. The fraction of sp³-hybridized carbons (Fsp3) is 0.429. The number of carbonyl (C=O) groups excluding carboxylic acids is 2. The van der Waals surface area contributed by atoms with Crippen molar-refractivity contribution in [3.63, 3.8) is 0 Å². The summed E-state index contributed by atoms with van der Waals surface area (Å²) in [6.07, 6.45) is 1.17. The van der Waals surface area contributed by atoms with Crippen molar-refractivity contribution in [1.82, 2.24) is 4.90 Å². The Bertz CT molecular complexity index is 499. The molecule has 0 aromatic heterocycles. The molecule has 1 aliphatic heterocycles. The van der Waals surface area contributed by atoms with Crippen LogP contribution in [0.4, 0.5) is 11.4 Å². The first kappa shape index (κ1) is 14.7. The number of hydrogen-bond acceptors (Lipinski definition) is 3. The van der Waals surface area contributed by atoms with Crippen molar-refractivity contribution in [1.29, 1.82) is 0 Å². The van der Waals surface area contributed by atoms with Crippen LogP contribution in [0.2, 0.25) is 5.02 Å². The smallest absolute Gasteiger partial charge is 0.222 e. The fourth-order valence-electron chi connectivity index (χ4n) is 2.34. The summed E-state index contributed by atoms with van der Waals surface area (Å²) in [6.45, 7) is 4.86. The Morgan fingerprint density at radius 1 is 1.35 bits per heavy atom. The van der Waals surface area contributed by atoms with Crippen molar-refractivity contribution in [2.24, 2.45) is 0 Å². The number of carbonyl (C=O) groups is 2. The summed E-state index contributed by atoms with van der Waals surface area (Å²) in [5.41, 5.74) is 1.61. The lowest BCUT2D eigenvalue weighted by molar-refractivity contribution is -0.131. The Morgan fingerprint density at radius 3 is 2.60 bits per heavy atom. The second kappa shape index (κ2) is 6.61. The number of rotatable bonds is 4. The van der Waals surface area contributed by atoms with E-state index in [0.717, 1.165) is 31.9 Å². The molecule has 1 aromatic rings. The van der Waals surface area contributed by atoms with Gasteiger partial charge in [-0.2, -0.15) is 0 Å². The number of benzene rings is 1. The van der Waals surface area contributed by atoms with Crippen LogP contribution < -0.4 is 10.2 Å². The van der Waals surface area contributed by atoms with E-state index < -0.39 is 0 Å². The molecular formula is C14H18ClN3O2. The van der Waals surface area contributed by atoms with Crippen LogP contribution in [-0.2, 0) is 9.59 Å². The molecule has 1 saturated heterocycles. The van der Waals surface area contributed by atoms with Gasteiger partial charge in [0.1, 0.15) is 0 Å². The van der Waals surface area contributed by atoms with Gasteiger partial charge in [0, 0.05) is 38.3 Å². The molecule has 1 aromatic carbocycles. The predicted molar refractivity (Wildman–Crippen MR) is 80.2 cm³/mol. The molecule has 0 atom stereocenters. The minimum Gasteiger partial charge on any atom is -0.367 e. The molecule has 1 aliphatic rings. The first-order valence-corrected chi connectivity index (χ1v) is 7.06. The maximum absolute atomic E-state index is 11.6. The van der Waals surface area contributed by atoms with E-state index >= 15 is 0 Å². The predicted octanol–water partition coefficient (Wildman–Crippen LogP) is 1.97. The zero-order valence-electron chi connectivity index (χ0n) is 11.4. The molecule has 20 heavy (non-hydrogen) atoms. The van der Waals surface area contributed by atoms with E-state index in [1.165, 1.54) is 0 Å². The highest BCUT2D eigenvalue weighted by molar-refractivity contribution is 6.33. The van der Waals surface area contributed by atoms with Crippen molar-refractivity contribution < 1.29 is 9.59 Å². The number of anilines is 2. The Balaban J connectivity index is 2.03. The van der Waals surface area contributed by atoms with Crippen LogP contribution in [0, 0.1) is 0 Å². The molecule has 1 fully saturated rings. The van der Waals surface area contributed by atoms with E-state index in [9.17, 15) is 9.59 Å². The van der Waals surface area contributed by atoms with Crippen LogP contribution >= 0.6 is 11.6 Å². The van der Waals surface area contributed by atoms with Gasteiger partial charge in [0.05, 0.1) is 10.7 Å². The Morgan fingerprint density at radius 2 is 2.05 bits per heavy atom. The average molecular weight is 296 g/mol. The van der Waals surface area contributed by atoms with Gasteiger partial charge in [0.2, 0.25) is 12.3 Å². The van der Waals surface area contributed by atoms with E-state index in [0.29, 0.717) is 23.5 Å². The third-order valence-corrected chi connectivity index (χ3v) is 3.75. The SMILES string of the molecule is CCC(=O)N1CCN(c2ccc(NC=O)cc2Cl)CC1. The van der Waals surface area contributed by atoms with Crippen LogP contribution in [0.15, 0.2) is 18.2 Å². The normalized spacial score (nSPS) is 15.1. The molecule has 1 heterocycles. The minimum atomic E-state index is 0.196. The molecule has 0 saturated carbocycles. The molecule has 1 N–H and O–H groups in total. The van der Waals surface area contributed by atoms with E-state index in [2.05, 4.69) is 10.2 Å². The van der Waals surface area contributed by atoms with Gasteiger partial charge >= 0.3 is 0 Å². The van der Waals surface area contributed by atoms with Crippen LogP contribution in [-0.4, -0.2) is 43.4 Å². The van der Waals surface area contributed by atoms with Crippen molar-refractivity contribution in [3.8, 4) is 0 Å². The Hall–Kier alpha value is -1.75. The maximum atomic E-state index is 11.6. The monoisotopic (exact) mass is 295 g/mol. The first-order valence-electron chi connectivity index (χ1n) is 6.68. The standard InChI is InChI=1S/C14H18ClN3O2/c1-2-14(20)18-7-5-17(6-8-18)13-4-3-11(16-10-19)9-12(13)15/h3-4,9-10H,2,5-8H2,1H3,(H,16,19). The highest BCUT2D eigenvalue weighted by atomic mass is 35.5. The van der Waals surface area contributed by atoms with Gasteiger partial charge in [0.15, 0.2) is 0 Å². The molecule has 6 heteroatoms. The summed E-state index contributed by atoms with van der Waals surface area (Å²) >= 11 is 6.25. The highest BCUT2D eigenvalue weighted by Gasteiger charge is 2.21. The number of piperazine rings is 1. The zero-order chi connectivity index (χ0) is 14.5. The second-order valence-corrected chi connectivity index (χ2v) is 5.06. The molecule has 0 spiro atoms. The molecule has 0 bridgehead atoms. The lowest BCUT2D eigenvalue weighted by Gasteiger charge is -2.36. The maximum Gasteiger partial charge on any atom is 0.222 e. The highest BCUT2D eigenvalue weighted by Crippen LogP contribution is 2.29. The number of amides is 2. The summed E-state index contributed by atoms with van der Waals surface area (Å²) in [4.78, 5) is 26.1. The number of nitrogens with one attached hydrogen (secondary N) is 1. The molecular weight excluding hydrogens is 278 g/mol. The van der Waals surface area contributed by atoms with Crippen LogP contribution in [0.25, 0.3) is 0 Å². The number of nitrogens with zero attached hydrogens (tertiary/aromatic N) is 2. The zero-order valence-corrected chi connectivity index (χ0v) is 12.2. The Kier molecular flexibility index (Phi) is 4.84. The molecule has 0 unspecified atom stereocenters. The third kappa shape index (κ3) is 3.22. The van der Waals surface area contributed by atoms with Gasteiger partial charge in [-0.25, -0.2) is 0 Å². The summed E-state index contributed by atoms with van der Waals surface area (Å²) in [7, 11) is 0. The third-order valence-electron chi connectivity index (χ3n) is 3.45. The van der Waals surface area contributed by atoms with Gasteiger partial charge in [-0.15, -0.1) is 0 Å². The van der Waals surface area contributed by atoms with Crippen molar-refractivity contribution in [2.75, 3.05) is 36.4 Å². The van der Waals surface area contributed by atoms with Gasteiger partial charge in [0.25, 0.3) is 0 Å². The topological polar surface area (TPSA) is 52.7 Å². The second-order valence-electron chi connectivity index (χ2n) is 4.65. The van der Waals surface area contributed by atoms with Gasteiger partial charge in [-0.1, -0.05) is 18.5 Å². The number of hydrogen-bond donors (Lipinski definition) is 1. The van der Waals surface area contributed by atoms with E-state index in [1.807, 2.05) is 24.0 Å². The van der Waals surface area contributed by atoms with E-state index in [1.54, 1.807) is 6.07 Å². The lowest BCUT2D eigenvalue weighted by atomic mass is 10.2. The molecule has 108 valence electrons. The van der Waals surface area contributed by atoms with Crippen LogP contribution in [0.5, 0.6) is 0 Å². The number of halogens is 1.